The van der Waals surface area contributed by atoms with Gasteiger partial charge in [0.05, 0.1) is 18.0 Å². The van der Waals surface area contributed by atoms with Crippen LogP contribution < -0.4 is 5.22 Å². The second kappa shape index (κ2) is 3.21. The summed E-state index contributed by atoms with van der Waals surface area (Å²) in [5.41, 5.74) is 3.68. The average molecular weight is 200 g/mol. The number of aliphatic hydroxyl groups excluding tert-OH is 1. The summed E-state index contributed by atoms with van der Waals surface area (Å²) in [4.78, 5) is 4.15. The van der Waals surface area contributed by atoms with Crippen LogP contribution >= 0.6 is 0 Å². The Morgan fingerprint density at radius 1 is 1.47 bits per heavy atom. The van der Waals surface area contributed by atoms with Gasteiger partial charge in [0.25, 0.3) is 0 Å². The number of rotatable bonds is 2. The molecule has 15 heavy (non-hydrogen) atoms. The van der Waals surface area contributed by atoms with Crippen LogP contribution in [-0.2, 0) is 12.8 Å². The lowest BCUT2D eigenvalue weighted by atomic mass is 10.0. The predicted molar refractivity (Wildman–Crippen MR) is 58.5 cm³/mol. The normalized spacial score (nSPS) is 14.2. The van der Waals surface area contributed by atoms with Gasteiger partial charge in [-0.1, -0.05) is 18.2 Å². The van der Waals surface area contributed by atoms with Crippen molar-refractivity contribution in [3.63, 3.8) is 0 Å². The molecule has 0 saturated heterocycles. The largest absolute Gasteiger partial charge is 0.396 e. The number of allylic oxidation sites excluding steroid dienone is 2. The van der Waals surface area contributed by atoms with E-state index in [0.717, 1.165) is 11.9 Å². The molecule has 3 rings (SSSR count). The highest BCUT2D eigenvalue weighted by atomic mass is 16.3. The van der Waals surface area contributed by atoms with Crippen molar-refractivity contribution < 1.29 is 5.11 Å². The molecular formula is C12H12N2O. The molecule has 0 spiro atoms. The van der Waals surface area contributed by atoms with Gasteiger partial charge in [0.1, 0.15) is 0 Å². The zero-order chi connectivity index (χ0) is 10.3. The molecule has 3 nitrogen and oxygen atoms in total. The standard InChI is InChI=1S/C12H12N2O/c15-6-5-11-9-3-1-2-4-10(9)12-7-13-8-14(11)12/h1-2,4,7-8,15H,3,5-6H2. The van der Waals surface area contributed by atoms with Crippen LogP contribution in [0, 0.1) is 0 Å². The Morgan fingerprint density at radius 3 is 3.27 bits per heavy atom. The van der Waals surface area contributed by atoms with Crippen LogP contribution in [0.25, 0.3) is 11.6 Å². The van der Waals surface area contributed by atoms with Gasteiger partial charge in [-0.3, -0.25) is 0 Å². The third-order valence-electron chi connectivity index (χ3n) is 2.95. The Hall–Kier alpha value is -1.61. The lowest BCUT2D eigenvalue weighted by molar-refractivity contribution is 0.297. The van der Waals surface area contributed by atoms with Gasteiger partial charge in [0.15, 0.2) is 0 Å². The van der Waals surface area contributed by atoms with Crippen molar-refractivity contribution in [1.29, 1.82) is 0 Å². The van der Waals surface area contributed by atoms with Crippen molar-refractivity contribution in [2.24, 2.45) is 0 Å². The van der Waals surface area contributed by atoms with E-state index in [1.807, 2.05) is 12.5 Å². The molecule has 3 heteroatoms. The predicted octanol–water partition coefficient (Wildman–Crippen LogP) is 0.481. The summed E-state index contributed by atoms with van der Waals surface area (Å²) in [6.07, 6.45) is 11.7. The molecule has 1 N–H and O–H groups in total. The zero-order valence-corrected chi connectivity index (χ0v) is 8.35. The van der Waals surface area contributed by atoms with Crippen molar-refractivity contribution in [3.8, 4) is 0 Å². The number of nitrogens with zero attached hydrogens (tertiary/aromatic N) is 2. The van der Waals surface area contributed by atoms with Crippen LogP contribution in [0.4, 0.5) is 0 Å². The molecule has 2 heterocycles. The molecule has 0 bridgehead atoms. The molecular weight excluding hydrogens is 188 g/mol. The van der Waals surface area contributed by atoms with Crippen LogP contribution in [-0.4, -0.2) is 21.1 Å². The fourth-order valence-electron chi connectivity index (χ4n) is 2.31. The van der Waals surface area contributed by atoms with Gasteiger partial charge in [-0.05, 0) is 12.0 Å². The maximum absolute atomic E-state index is 9.07. The molecule has 0 unspecified atom stereocenters. The van der Waals surface area contributed by atoms with Crippen LogP contribution in [0.3, 0.4) is 0 Å². The van der Waals surface area contributed by atoms with Crippen LogP contribution in [0.2, 0.25) is 0 Å². The van der Waals surface area contributed by atoms with Crippen molar-refractivity contribution >= 4 is 11.6 Å². The molecule has 0 saturated carbocycles. The van der Waals surface area contributed by atoms with Gasteiger partial charge in [-0.2, -0.15) is 0 Å². The number of hydrogen-bond acceptors (Lipinski definition) is 2. The van der Waals surface area contributed by atoms with Crippen LogP contribution in [0.5, 0.6) is 0 Å². The minimum atomic E-state index is 0.188. The summed E-state index contributed by atoms with van der Waals surface area (Å²) in [6.45, 7) is 0.188. The second-order valence-electron chi connectivity index (χ2n) is 3.76. The molecule has 2 aromatic rings. The first-order valence-electron chi connectivity index (χ1n) is 5.15. The summed E-state index contributed by atoms with van der Waals surface area (Å²) in [7, 11) is 0. The summed E-state index contributed by atoms with van der Waals surface area (Å²) in [5.74, 6) is 0. The quantitative estimate of drug-likeness (QED) is 0.765. The summed E-state index contributed by atoms with van der Waals surface area (Å²) < 4.78 is 2.09. The van der Waals surface area contributed by atoms with E-state index in [9.17, 15) is 0 Å². The van der Waals surface area contributed by atoms with Gasteiger partial charge in [0.2, 0.25) is 0 Å². The first-order valence-corrected chi connectivity index (χ1v) is 5.15. The Kier molecular flexibility index (Phi) is 1.86. The highest BCUT2D eigenvalue weighted by Gasteiger charge is 2.13. The summed E-state index contributed by atoms with van der Waals surface area (Å²) >= 11 is 0. The Labute approximate surface area is 87.4 Å². The van der Waals surface area contributed by atoms with E-state index in [0.29, 0.717) is 6.42 Å². The number of hydrogen-bond donors (Lipinski definition) is 1. The molecule has 0 amide bonds. The van der Waals surface area contributed by atoms with E-state index in [4.69, 9.17) is 5.11 Å². The van der Waals surface area contributed by atoms with E-state index in [1.54, 1.807) is 0 Å². The zero-order valence-electron chi connectivity index (χ0n) is 8.35. The third-order valence-corrected chi connectivity index (χ3v) is 2.95. The minimum absolute atomic E-state index is 0.188. The fraction of sp³-hybridized carbons (Fsp3) is 0.250. The van der Waals surface area contributed by atoms with Crippen molar-refractivity contribution in [2.75, 3.05) is 6.61 Å². The molecule has 0 radical (unpaired) electrons. The number of imidazole rings is 1. The van der Waals surface area contributed by atoms with Gasteiger partial charge in [0, 0.05) is 23.9 Å². The highest BCUT2D eigenvalue weighted by molar-refractivity contribution is 5.62. The average Bonchev–Trinajstić information content (AvgIpc) is 2.82. The lowest BCUT2D eigenvalue weighted by Crippen LogP contribution is -2.09. The first kappa shape index (κ1) is 8.68. The highest BCUT2D eigenvalue weighted by Crippen LogP contribution is 2.14. The molecule has 2 aromatic heterocycles. The van der Waals surface area contributed by atoms with Crippen LogP contribution in [0.1, 0.15) is 11.3 Å². The molecule has 76 valence electrons. The number of aromatic nitrogens is 2. The van der Waals surface area contributed by atoms with E-state index in [1.165, 1.54) is 16.5 Å². The van der Waals surface area contributed by atoms with Gasteiger partial charge in [-0.15, -0.1) is 0 Å². The van der Waals surface area contributed by atoms with Crippen molar-refractivity contribution in [2.45, 2.75) is 12.8 Å². The molecule has 0 fully saturated rings. The first-order chi connectivity index (χ1) is 7.42. The summed E-state index contributed by atoms with van der Waals surface area (Å²) in [6, 6.07) is 0. The Bertz CT molecular complexity index is 580. The van der Waals surface area contributed by atoms with E-state index in [-0.39, 0.29) is 6.61 Å². The van der Waals surface area contributed by atoms with Crippen LogP contribution in [0.15, 0.2) is 24.7 Å². The third kappa shape index (κ3) is 1.13. The molecule has 1 aliphatic rings. The fourth-order valence-corrected chi connectivity index (χ4v) is 2.31. The Morgan fingerprint density at radius 2 is 2.40 bits per heavy atom. The smallest absolute Gasteiger partial charge is 0.0994 e. The maximum atomic E-state index is 9.07. The van der Waals surface area contributed by atoms with E-state index in [2.05, 4.69) is 27.6 Å². The van der Waals surface area contributed by atoms with E-state index < -0.39 is 0 Å². The molecule has 0 atom stereocenters. The van der Waals surface area contributed by atoms with Crippen molar-refractivity contribution in [3.05, 3.63) is 41.2 Å². The van der Waals surface area contributed by atoms with Gasteiger partial charge < -0.3 is 9.51 Å². The summed E-state index contributed by atoms with van der Waals surface area (Å²) in [5, 5.41) is 10.3. The molecule has 1 aliphatic carbocycles. The number of aliphatic hydroxyl groups is 1. The van der Waals surface area contributed by atoms with E-state index >= 15 is 0 Å². The van der Waals surface area contributed by atoms with Crippen molar-refractivity contribution in [1.82, 2.24) is 9.38 Å². The monoisotopic (exact) mass is 200 g/mol. The second-order valence-corrected chi connectivity index (χ2v) is 3.76. The molecule has 0 aromatic carbocycles. The Balaban J connectivity index is 2.38. The molecule has 0 aliphatic heterocycles. The number of fused-ring (bicyclic) bond motifs is 3. The topological polar surface area (TPSA) is 37.5 Å². The lowest BCUT2D eigenvalue weighted by Gasteiger charge is -2.03. The maximum Gasteiger partial charge on any atom is 0.0994 e. The van der Waals surface area contributed by atoms with Gasteiger partial charge >= 0.3 is 0 Å². The minimum Gasteiger partial charge on any atom is -0.396 e. The SMILES string of the molecule is OCCc1c2c(c3cncn13)=CC=CC2. The van der Waals surface area contributed by atoms with Gasteiger partial charge in [-0.25, -0.2) is 4.98 Å².